The third-order valence-electron chi connectivity index (χ3n) is 4.39. The quantitative estimate of drug-likeness (QED) is 0.770. The molecule has 0 radical (unpaired) electrons. The molecule has 2 N–H and O–H groups in total. The van der Waals surface area contributed by atoms with Gasteiger partial charge in [0.2, 0.25) is 10.0 Å². The first-order chi connectivity index (χ1) is 11.6. The van der Waals surface area contributed by atoms with Gasteiger partial charge in [0, 0.05) is 25.7 Å². The molecule has 0 aromatic heterocycles. The number of hydrogen-bond acceptors (Lipinski definition) is 5. The molecule has 1 aromatic carbocycles. The van der Waals surface area contributed by atoms with E-state index in [9.17, 15) is 13.2 Å². The summed E-state index contributed by atoms with van der Waals surface area (Å²) in [6.07, 6.45) is 2.12. The molecule has 2 aliphatic rings. The Morgan fingerprint density at radius 3 is 2.68 bits per heavy atom. The summed E-state index contributed by atoms with van der Waals surface area (Å²) >= 11 is 0. The van der Waals surface area contributed by atoms with Gasteiger partial charge in [-0.1, -0.05) is 12.1 Å². The van der Waals surface area contributed by atoms with Gasteiger partial charge < -0.3 is 15.4 Å². The molecule has 1 aromatic rings. The Hall–Kier alpha value is -1.19. The number of sulfonamides is 1. The Balaban J connectivity index is 0.00000225. The summed E-state index contributed by atoms with van der Waals surface area (Å²) in [6, 6.07) is 6.64. The average molecular weight is 390 g/mol. The molecule has 2 aliphatic heterocycles. The first kappa shape index (κ1) is 20.1. The van der Waals surface area contributed by atoms with Gasteiger partial charge in [0.05, 0.1) is 23.7 Å². The van der Waals surface area contributed by atoms with Crippen molar-refractivity contribution in [3.63, 3.8) is 0 Å². The van der Waals surface area contributed by atoms with Crippen molar-refractivity contribution < 1.29 is 17.9 Å². The molecule has 1 atom stereocenters. The number of halogens is 1. The fraction of sp³-hybridized carbons (Fsp3) is 0.562. The van der Waals surface area contributed by atoms with Crippen LogP contribution in [0.15, 0.2) is 29.2 Å². The van der Waals surface area contributed by atoms with E-state index < -0.39 is 10.0 Å². The van der Waals surface area contributed by atoms with Crippen molar-refractivity contribution in [1.29, 1.82) is 0 Å². The predicted molar refractivity (Wildman–Crippen MR) is 96.6 cm³/mol. The number of hydrogen-bond donors (Lipinski definition) is 2. The summed E-state index contributed by atoms with van der Waals surface area (Å²) in [5.74, 6) is -0.351. The highest BCUT2D eigenvalue weighted by molar-refractivity contribution is 7.89. The second-order valence-corrected chi connectivity index (χ2v) is 7.92. The van der Waals surface area contributed by atoms with Crippen LogP contribution in [0.4, 0.5) is 0 Å². The van der Waals surface area contributed by atoms with Crippen LogP contribution >= 0.6 is 12.4 Å². The lowest BCUT2D eigenvalue weighted by Crippen LogP contribution is -2.42. The van der Waals surface area contributed by atoms with Crippen LogP contribution in [0.25, 0.3) is 0 Å². The minimum absolute atomic E-state index is 0. The number of nitrogens with zero attached hydrogens (tertiary/aromatic N) is 1. The molecule has 3 rings (SSSR count). The topological polar surface area (TPSA) is 87.7 Å². The molecule has 0 spiro atoms. The standard InChI is InChI=1S/C16H23N3O4S.ClH/c20-16(18-12-13-4-3-7-17-13)14-5-1-2-6-15(14)24(21,22)19-8-10-23-11-9-19;/h1-2,5-6,13,17H,3-4,7-12H2,(H,18,20);1H. The maximum atomic E-state index is 12.9. The summed E-state index contributed by atoms with van der Waals surface area (Å²) in [5, 5.41) is 6.15. The number of benzene rings is 1. The SMILES string of the molecule is Cl.O=C(NCC1CCCN1)c1ccccc1S(=O)(=O)N1CCOCC1. The third kappa shape index (κ3) is 4.71. The van der Waals surface area contributed by atoms with Gasteiger partial charge in [0.15, 0.2) is 0 Å². The van der Waals surface area contributed by atoms with Gasteiger partial charge in [-0.2, -0.15) is 4.31 Å². The van der Waals surface area contributed by atoms with Crippen LogP contribution in [-0.4, -0.2) is 64.1 Å². The Kier molecular flexibility index (Phi) is 7.21. The maximum absolute atomic E-state index is 12.9. The van der Waals surface area contributed by atoms with Crippen molar-refractivity contribution in [1.82, 2.24) is 14.9 Å². The first-order valence-electron chi connectivity index (χ1n) is 8.27. The van der Waals surface area contributed by atoms with Crippen LogP contribution in [0.1, 0.15) is 23.2 Å². The zero-order valence-electron chi connectivity index (χ0n) is 13.9. The van der Waals surface area contributed by atoms with E-state index >= 15 is 0 Å². The number of ether oxygens (including phenoxy) is 1. The van der Waals surface area contributed by atoms with Gasteiger partial charge in [-0.3, -0.25) is 4.79 Å². The fourth-order valence-corrected chi connectivity index (χ4v) is 4.64. The molecule has 25 heavy (non-hydrogen) atoms. The molecule has 2 fully saturated rings. The lowest BCUT2D eigenvalue weighted by molar-refractivity contribution is 0.0730. The molecule has 2 heterocycles. The van der Waals surface area contributed by atoms with Crippen molar-refractivity contribution >= 4 is 28.3 Å². The molecular weight excluding hydrogens is 366 g/mol. The lowest BCUT2D eigenvalue weighted by Gasteiger charge is -2.26. The van der Waals surface area contributed by atoms with Crippen LogP contribution in [0, 0.1) is 0 Å². The minimum atomic E-state index is -3.70. The summed E-state index contributed by atoms with van der Waals surface area (Å²) in [7, 11) is -3.70. The zero-order valence-corrected chi connectivity index (χ0v) is 15.6. The van der Waals surface area contributed by atoms with E-state index in [4.69, 9.17) is 4.74 Å². The largest absolute Gasteiger partial charge is 0.379 e. The third-order valence-corrected chi connectivity index (χ3v) is 6.35. The number of morpholine rings is 1. The van der Waals surface area contributed by atoms with E-state index in [1.165, 1.54) is 10.4 Å². The molecule has 0 aliphatic carbocycles. The van der Waals surface area contributed by atoms with E-state index in [-0.39, 0.29) is 34.8 Å². The summed E-state index contributed by atoms with van der Waals surface area (Å²) in [5.41, 5.74) is 0.196. The van der Waals surface area contributed by atoms with Crippen molar-refractivity contribution in [2.24, 2.45) is 0 Å². The van der Waals surface area contributed by atoms with Crippen LogP contribution in [0.5, 0.6) is 0 Å². The molecule has 9 heteroatoms. The number of nitrogens with one attached hydrogen (secondary N) is 2. The van der Waals surface area contributed by atoms with Gasteiger partial charge >= 0.3 is 0 Å². The van der Waals surface area contributed by atoms with E-state index in [2.05, 4.69) is 10.6 Å². The Bertz CT molecular complexity index is 686. The number of amides is 1. The lowest BCUT2D eigenvalue weighted by atomic mass is 10.2. The molecule has 7 nitrogen and oxygen atoms in total. The van der Waals surface area contributed by atoms with Gasteiger partial charge in [-0.25, -0.2) is 8.42 Å². The first-order valence-corrected chi connectivity index (χ1v) is 9.71. The highest BCUT2D eigenvalue weighted by Crippen LogP contribution is 2.21. The van der Waals surface area contributed by atoms with Crippen molar-refractivity contribution in [3.8, 4) is 0 Å². The maximum Gasteiger partial charge on any atom is 0.252 e. The minimum Gasteiger partial charge on any atom is -0.379 e. The van der Waals surface area contributed by atoms with Crippen molar-refractivity contribution in [2.45, 2.75) is 23.8 Å². The average Bonchev–Trinajstić information content (AvgIpc) is 3.14. The second-order valence-electron chi connectivity index (χ2n) is 6.02. The van der Waals surface area contributed by atoms with Gasteiger partial charge in [-0.05, 0) is 31.5 Å². The van der Waals surface area contributed by atoms with Crippen LogP contribution in [0.2, 0.25) is 0 Å². The Labute approximate surface area is 154 Å². The Morgan fingerprint density at radius 2 is 2.00 bits per heavy atom. The number of carbonyl (C=O) groups excluding carboxylic acids is 1. The highest BCUT2D eigenvalue weighted by Gasteiger charge is 2.30. The fourth-order valence-electron chi connectivity index (χ4n) is 3.05. The van der Waals surface area contributed by atoms with Crippen LogP contribution in [-0.2, 0) is 14.8 Å². The molecule has 0 bridgehead atoms. The monoisotopic (exact) mass is 389 g/mol. The highest BCUT2D eigenvalue weighted by atomic mass is 35.5. The van der Waals surface area contributed by atoms with E-state index in [0.29, 0.717) is 32.8 Å². The normalized spacial score (nSPS) is 21.5. The summed E-state index contributed by atoms with van der Waals surface area (Å²) in [4.78, 5) is 12.6. The van der Waals surface area contributed by atoms with Gasteiger partial charge in [0.1, 0.15) is 0 Å². The summed E-state index contributed by atoms with van der Waals surface area (Å²) < 4.78 is 32.3. The van der Waals surface area contributed by atoms with Crippen molar-refractivity contribution in [2.75, 3.05) is 39.4 Å². The predicted octanol–water partition coefficient (Wildman–Crippen LogP) is 0.611. The summed E-state index contributed by atoms with van der Waals surface area (Å²) in [6.45, 7) is 2.84. The van der Waals surface area contributed by atoms with Crippen LogP contribution < -0.4 is 10.6 Å². The smallest absolute Gasteiger partial charge is 0.252 e. The molecule has 2 saturated heterocycles. The molecule has 0 saturated carbocycles. The number of rotatable bonds is 5. The molecular formula is C16H24ClN3O4S. The molecule has 1 unspecified atom stereocenters. The molecule has 1 amide bonds. The zero-order chi connectivity index (χ0) is 17.0. The van der Waals surface area contributed by atoms with E-state index in [0.717, 1.165) is 19.4 Å². The second kappa shape index (κ2) is 8.95. The van der Waals surface area contributed by atoms with Crippen molar-refractivity contribution in [3.05, 3.63) is 29.8 Å². The van der Waals surface area contributed by atoms with Crippen LogP contribution in [0.3, 0.4) is 0 Å². The van der Waals surface area contributed by atoms with Gasteiger partial charge in [-0.15, -0.1) is 12.4 Å². The Morgan fingerprint density at radius 1 is 1.28 bits per heavy atom. The molecule has 140 valence electrons. The number of carbonyl (C=O) groups is 1. The van der Waals surface area contributed by atoms with E-state index in [1.807, 2.05) is 0 Å². The van der Waals surface area contributed by atoms with E-state index in [1.54, 1.807) is 18.2 Å². The van der Waals surface area contributed by atoms with Gasteiger partial charge in [0.25, 0.3) is 5.91 Å².